The van der Waals surface area contributed by atoms with Crippen LogP contribution >= 0.6 is 0 Å². The number of hydrogen-bond acceptors (Lipinski definition) is 4. The van der Waals surface area contributed by atoms with Crippen LogP contribution in [0.15, 0.2) is 5.16 Å². The van der Waals surface area contributed by atoms with Gasteiger partial charge in [0.2, 0.25) is 0 Å². The topological polar surface area (TPSA) is 79.9 Å². The summed E-state index contributed by atoms with van der Waals surface area (Å²) >= 11 is 0. The Balaban J connectivity index is 2.22. The van der Waals surface area contributed by atoms with Crippen molar-refractivity contribution in [2.75, 3.05) is 13.2 Å². The average molecular weight is 173 g/mol. The third-order valence-electron chi connectivity index (χ3n) is 2.05. The van der Waals surface area contributed by atoms with E-state index >= 15 is 0 Å². The minimum absolute atomic E-state index is 0.203. The maximum atomic E-state index is 8.27. The largest absolute Gasteiger partial charge is 0.409 e. The Hall–Kier alpha value is -0.810. The summed E-state index contributed by atoms with van der Waals surface area (Å²) in [4.78, 5) is 0. The predicted octanol–water partition coefficient (Wildman–Crippen LogP) is -0.500. The Morgan fingerprint density at radius 1 is 1.83 bits per heavy atom. The van der Waals surface area contributed by atoms with Crippen LogP contribution in [0.3, 0.4) is 0 Å². The summed E-state index contributed by atoms with van der Waals surface area (Å²) in [5, 5.41) is 14.3. The first-order chi connectivity index (χ1) is 5.74. The molecule has 0 radical (unpaired) electrons. The summed E-state index contributed by atoms with van der Waals surface area (Å²) < 4.78 is 5.33. The fourth-order valence-electron chi connectivity index (χ4n) is 1.27. The molecule has 0 amide bonds. The van der Waals surface area contributed by atoms with Crippen LogP contribution in [0, 0.1) is 0 Å². The van der Waals surface area contributed by atoms with E-state index in [1.165, 1.54) is 0 Å². The molecule has 5 nitrogen and oxygen atoms in total. The molecular weight excluding hydrogens is 158 g/mol. The number of hydrogen-bond donors (Lipinski definition) is 3. The highest BCUT2D eigenvalue weighted by molar-refractivity contribution is 5.81. The Bertz CT molecular complexity index is 172. The molecule has 0 aromatic heterocycles. The van der Waals surface area contributed by atoms with Crippen LogP contribution in [0.4, 0.5) is 0 Å². The molecule has 2 atom stereocenters. The second kappa shape index (κ2) is 4.27. The number of ether oxygens (including phenoxy) is 1. The molecule has 0 spiro atoms. The molecule has 0 saturated carbocycles. The quantitative estimate of drug-likeness (QED) is 0.233. The molecule has 2 unspecified atom stereocenters. The van der Waals surface area contributed by atoms with Gasteiger partial charge in [-0.3, -0.25) is 0 Å². The molecular formula is C7H15N3O2. The van der Waals surface area contributed by atoms with Crippen molar-refractivity contribution in [2.45, 2.75) is 25.5 Å². The van der Waals surface area contributed by atoms with E-state index < -0.39 is 0 Å². The highest BCUT2D eigenvalue weighted by Crippen LogP contribution is 2.11. The van der Waals surface area contributed by atoms with Crippen molar-refractivity contribution < 1.29 is 9.94 Å². The molecule has 0 aliphatic carbocycles. The standard InChI is InChI=1S/C7H15N3O2/c1-5-6(2-3-12-5)9-4-7(8)10-11/h5-6,9,11H,2-4H2,1H3,(H2,8,10). The number of rotatable bonds is 3. The van der Waals surface area contributed by atoms with Crippen molar-refractivity contribution in [1.82, 2.24) is 5.32 Å². The molecule has 0 bridgehead atoms. The van der Waals surface area contributed by atoms with E-state index in [-0.39, 0.29) is 11.9 Å². The number of oxime groups is 1. The van der Waals surface area contributed by atoms with Crippen LogP contribution in [-0.4, -0.2) is 36.3 Å². The van der Waals surface area contributed by atoms with E-state index in [1.807, 2.05) is 6.92 Å². The van der Waals surface area contributed by atoms with Crippen LogP contribution in [0.5, 0.6) is 0 Å². The second-order valence-electron chi connectivity index (χ2n) is 2.94. The molecule has 1 rings (SSSR count). The lowest BCUT2D eigenvalue weighted by atomic mass is 10.1. The molecule has 1 saturated heterocycles. The lowest BCUT2D eigenvalue weighted by Gasteiger charge is -2.14. The van der Waals surface area contributed by atoms with E-state index in [0.29, 0.717) is 12.6 Å². The zero-order valence-electron chi connectivity index (χ0n) is 7.16. The number of nitrogens with two attached hydrogens (primary N) is 1. The minimum Gasteiger partial charge on any atom is -0.409 e. The summed E-state index contributed by atoms with van der Waals surface area (Å²) in [6.45, 7) is 3.21. The van der Waals surface area contributed by atoms with Crippen LogP contribution in [0.2, 0.25) is 0 Å². The van der Waals surface area contributed by atoms with Gasteiger partial charge in [-0.05, 0) is 13.3 Å². The van der Waals surface area contributed by atoms with Crippen molar-refractivity contribution in [2.24, 2.45) is 10.9 Å². The Morgan fingerprint density at radius 2 is 2.58 bits per heavy atom. The third kappa shape index (κ3) is 2.35. The maximum absolute atomic E-state index is 8.27. The van der Waals surface area contributed by atoms with E-state index in [1.54, 1.807) is 0 Å². The van der Waals surface area contributed by atoms with Gasteiger partial charge in [0, 0.05) is 12.6 Å². The van der Waals surface area contributed by atoms with Crippen molar-refractivity contribution in [3.63, 3.8) is 0 Å². The van der Waals surface area contributed by atoms with Gasteiger partial charge < -0.3 is 21.0 Å². The van der Waals surface area contributed by atoms with Gasteiger partial charge >= 0.3 is 0 Å². The molecule has 1 fully saturated rings. The first-order valence-corrected chi connectivity index (χ1v) is 4.05. The molecule has 1 aliphatic heterocycles. The van der Waals surface area contributed by atoms with E-state index in [9.17, 15) is 0 Å². The van der Waals surface area contributed by atoms with Gasteiger partial charge in [-0.2, -0.15) is 0 Å². The van der Waals surface area contributed by atoms with E-state index in [0.717, 1.165) is 13.0 Å². The van der Waals surface area contributed by atoms with Crippen molar-refractivity contribution >= 4 is 5.84 Å². The zero-order valence-corrected chi connectivity index (χ0v) is 7.16. The van der Waals surface area contributed by atoms with Gasteiger partial charge in [0.25, 0.3) is 0 Å². The Morgan fingerprint density at radius 3 is 3.08 bits per heavy atom. The lowest BCUT2D eigenvalue weighted by molar-refractivity contribution is 0.114. The van der Waals surface area contributed by atoms with E-state index in [2.05, 4.69) is 10.5 Å². The summed E-state index contributed by atoms with van der Waals surface area (Å²) in [7, 11) is 0. The average Bonchev–Trinajstić information content (AvgIpc) is 2.47. The third-order valence-corrected chi connectivity index (χ3v) is 2.05. The van der Waals surface area contributed by atoms with Gasteiger partial charge in [-0.1, -0.05) is 5.16 Å². The van der Waals surface area contributed by atoms with Crippen LogP contribution < -0.4 is 11.1 Å². The fraction of sp³-hybridized carbons (Fsp3) is 0.857. The van der Waals surface area contributed by atoms with Gasteiger partial charge in [0.15, 0.2) is 5.84 Å². The Labute approximate surface area is 71.6 Å². The van der Waals surface area contributed by atoms with Crippen LogP contribution in [0.1, 0.15) is 13.3 Å². The second-order valence-corrected chi connectivity index (χ2v) is 2.94. The summed E-state index contributed by atoms with van der Waals surface area (Å²) in [5.41, 5.74) is 5.29. The van der Waals surface area contributed by atoms with Gasteiger partial charge in [-0.25, -0.2) is 0 Å². The van der Waals surface area contributed by atoms with Gasteiger partial charge in [0.05, 0.1) is 12.6 Å². The molecule has 70 valence electrons. The van der Waals surface area contributed by atoms with Crippen molar-refractivity contribution in [3.8, 4) is 0 Å². The Kier molecular flexibility index (Phi) is 3.31. The highest BCUT2D eigenvalue weighted by Gasteiger charge is 2.23. The van der Waals surface area contributed by atoms with Gasteiger partial charge in [-0.15, -0.1) is 0 Å². The number of nitrogens with zero attached hydrogens (tertiary/aromatic N) is 1. The predicted molar refractivity (Wildman–Crippen MR) is 45.2 cm³/mol. The first-order valence-electron chi connectivity index (χ1n) is 4.05. The molecule has 1 aliphatic rings. The highest BCUT2D eigenvalue weighted by atomic mass is 16.5. The minimum atomic E-state index is 0.203. The first kappa shape index (κ1) is 9.28. The van der Waals surface area contributed by atoms with Crippen molar-refractivity contribution in [1.29, 1.82) is 0 Å². The van der Waals surface area contributed by atoms with Crippen LogP contribution in [-0.2, 0) is 4.74 Å². The lowest BCUT2D eigenvalue weighted by Crippen LogP contribution is -2.40. The number of nitrogens with one attached hydrogen (secondary N) is 1. The fourth-order valence-corrected chi connectivity index (χ4v) is 1.27. The van der Waals surface area contributed by atoms with Gasteiger partial charge in [0.1, 0.15) is 0 Å². The molecule has 1 heterocycles. The smallest absolute Gasteiger partial charge is 0.153 e. The molecule has 4 N–H and O–H groups in total. The summed E-state index contributed by atoms with van der Waals surface area (Å²) in [6, 6.07) is 0.324. The molecule has 12 heavy (non-hydrogen) atoms. The maximum Gasteiger partial charge on any atom is 0.153 e. The molecule has 0 aromatic rings. The van der Waals surface area contributed by atoms with Crippen LogP contribution in [0.25, 0.3) is 0 Å². The molecule has 5 heteroatoms. The monoisotopic (exact) mass is 173 g/mol. The zero-order chi connectivity index (χ0) is 8.97. The summed E-state index contributed by atoms with van der Waals surface area (Å²) in [6.07, 6.45) is 1.20. The molecule has 0 aromatic carbocycles. The normalized spacial score (nSPS) is 30.9. The SMILES string of the molecule is CC1OCCC1NCC(N)=NO. The number of amidine groups is 1. The van der Waals surface area contributed by atoms with Crippen molar-refractivity contribution in [3.05, 3.63) is 0 Å². The van der Waals surface area contributed by atoms with E-state index in [4.69, 9.17) is 15.7 Å². The summed E-state index contributed by atoms with van der Waals surface area (Å²) in [5.74, 6) is 0.203.